The van der Waals surface area contributed by atoms with Gasteiger partial charge in [0.05, 0.1) is 0 Å². The molecule has 1 amide bonds. The summed E-state index contributed by atoms with van der Waals surface area (Å²) in [5.41, 5.74) is 7.03. The first-order valence-corrected chi connectivity index (χ1v) is 7.63. The van der Waals surface area contributed by atoms with Crippen molar-refractivity contribution >= 4 is 5.91 Å². The van der Waals surface area contributed by atoms with Crippen LogP contribution < -0.4 is 15.8 Å². The fourth-order valence-electron chi connectivity index (χ4n) is 2.33. The molecule has 116 valence electrons. The normalized spacial score (nSPS) is 17.6. The highest BCUT2D eigenvalue weighted by atomic mass is 16.5. The predicted octanol–water partition coefficient (Wildman–Crippen LogP) is 2.49. The van der Waals surface area contributed by atoms with Crippen molar-refractivity contribution in [2.75, 3.05) is 6.61 Å². The molecule has 1 aromatic carbocycles. The van der Waals surface area contributed by atoms with Gasteiger partial charge in [0, 0.05) is 6.04 Å². The van der Waals surface area contributed by atoms with Crippen molar-refractivity contribution in [1.82, 2.24) is 5.32 Å². The van der Waals surface area contributed by atoms with Gasteiger partial charge in [0.25, 0.3) is 0 Å². The maximum Gasteiger partial charge on any atom is 0.240 e. The Morgan fingerprint density at radius 1 is 1.48 bits per heavy atom. The second kappa shape index (κ2) is 6.06. The van der Waals surface area contributed by atoms with Gasteiger partial charge in [0.2, 0.25) is 5.91 Å². The second-order valence-corrected chi connectivity index (χ2v) is 6.60. The monoisotopic (exact) mass is 290 g/mol. The highest BCUT2D eigenvalue weighted by Crippen LogP contribution is 2.29. The van der Waals surface area contributed by atoms with Crippen LogP contribution in [-0.4, -0.2) is 24.1 Å². The highest BCUT2D eigenvalue weighted by Gasteiger charge is 2.38. The SMILES string of the molecule is Cc1ccc(C(C)C)c(OCC(C)(NC2CC2)C(N)=O)c1. The zero-order chi connectivity index (χ0) is 15.6. The van der Waals surface area contributed by atoms with Crippen LogP contribution in [-0.2, 0) is 4.79 Å². The number of aryl methyl sites for hydroxylation is 1. The fourth-order valence-corrected chi connectivity index (χ4v) is 2.33. The van der Waals surface area contributed by atoms with Gasteiger partial charge in [-0.25, -0.2) is 0 Å². The number of amides is 1. The van der Waals surface area contributed by atoms with Crippen LogP contribution in [0, 0.1) is 6.92 Å². The van der Waals surface area contributed by atoms with E-state index in [1.165, 1.54) is 0 Å². The smallest absolute Gasteiger partial charge is 0.240 e. The molecular formula is C17H26N2O2. The lowest BCUT2D eigenvalue weighted by atomic mass is 10.00. The van der Waals surface area contributed by atoms with Gasteiger partial charge >= 0.3 is 0 Å². The van der Waals surface area contributed by atoms with Gasteiger partial charge in [0.15, 0.2) is 0 Å². The zero-order valence-corrected chi connectivity index (χ0v) is 13.4. The average molecular weight is 290 g/mol. The largest absolute Gasteiger partial charge is 0.491 e. The van der Waals surface area contributed by atoms with Crippen molar-refractivity contribution in [3.63, 3.8) is 0 Å². The molecule has 0 aromatic heterocycles. The zero-order valence-electron chi connectivity index (χ0n) is 13.4. The number of carbonyl (C=O) groups excluding carboxylic acids is 1. The molecular weight excluding hydrogens is 264 g/mol. The maximum absolute atomic E-state index is 11.8. The lowest BCUT2D eigenvalue weighted by Crippen LogP contribution is -2.57. The minimum Gasteiger partial charge on any atom is -0.491 e. The molecule has 1 aliphatic rings. The van der Waals surface area contributed by atoms with Crippen LogP contribution in [0.15, 0.2) is 18.2 Å². The third-order valence-electron chi connectivity index (χ3n) is 3.95. The maximum atomic E-state index is 11.8. The summed E-state index contributed by atoms with van der Waals surface area (Å²) < 4.78 is 5.97. The van der Waals surface area contributed by atoms with Crippen LogP contribution in [0.25, 0.3) is 0 Å². The summed E-state index contributed by atoms with van der Waals surface area (Å²) in [4.78, 5) is 11.8. The minimum atomic E-state index is -0.820. The number of rotatable bonds is 7. The lowest BCUT2D eigenvalue weighted by molar-refractivity contribution is -0.125. The van der Waals surface area contributed by atoms with E-state index in [4.69, 9.17) is 10.5 Å². The Morgan fingerprint density at radius 3 is 2.67 bits per heavy atom. The Balaban J connectivity index is 2.13. The molecule has 1 unspecified atom stereocenters. The van der Waals surface area contributed by atoms with Crippen molar-refractivity contribution in [2.45, 2.75) is 58.0 Å². The molecule has 2 rings (SSSR count). The van der Waals surface area contributed by atoms with Crippen molar-refractivity contribution in [3.8, 4) is 5.75 Å². The first-order valence-electron chi connectivity index (χ1n) is 7.63. The summed E-state index contributed by atoms with van der Waals surface area (Å²) in [5.74, 6) is 0.847. The number of benzene rings is 1. The topological polar surface area (TPSA) is 64.3 Å². The third-order valence-corrected chi connectivity index (χ3v) is 3.95. The minimum absolute atomic E-state index is 0.252. The number of hydrogen-bond donors (Lipinski definition) is 2. The van der Waals surface area contributed by atoms with Gasteiger partial charge in [-0.05, 0) is 49.8 Å². The van der Waals surface area contributed by atoms with Crippen molar-refractivity contribution in [2.24, 2.45) is 5.73 Å². The molecule has 21 heavy (non-hydrogen) atoms. The molecule has 0 spiro atoms. The molecule has 1 aliphatic carbocycles. The standard InChI is InChI=1S/C17H26N2O2/c1-11(2)14-8-5-12(3)9-15(14)21-10-17(4,16(18)20)19-13-6-7-13/h5,8-9,11,13,19H,6-7,10H2,1-4H3,(H2,18,20). The molecule has 4 heteroatoms. The van der Waals surface area contributed by atoms with Crippen molar-refractivity contribution in [1.29, 1.82) is 0 Å². The molecule has 0 radical (unpaired) electrons. The molecule has 1 fully saturated rings. The summed E-state index contributed by atoms with van der Waals surface area (Å²) in [5, 5.41) is 3.30. The van der Waals surface area contributed by atoms with Crippen LogP contribution in [0.1, 0.15) is 50.7 Å². The van der Waals surface area contributed by atoms with Crippen LogP contribution in [0.5, 0.6) is 5.75 Å². The van der Waals surface area contributed by atoms with Crippen molar-refractivity contribution in [3.05, 3.63) is 29.3 Å². The average Bonchev–Trinajstić information content (AvgIpc) is 3.19. The Labute approximate surface area is 127 Å². The van der Waals surface area contributed by atoms with E-state index in [1.54, 1.807) is 0 Å². The second-order valence-electron chi connectivity index (χ2n) is 6.60. The predicted molar refractivity (Wildman–Crippen MR) is 84.5 cm³/mol. The molecule has 0 saturated heterocycles. The van der Waals surface area contributed by atoms with E-state index in [0.29, 0.717) is 12.0 Å². The van der Waals surface area contributed by atoms with E-state index in [9.17, 15) is 4.79 Å². The summed E-state index contributed by atoms with van der Waals surface area (Å²) in [7, 11) is 0. The van der Waals surface area contributed by atoms with E-state index >= 15 is 0 Å². The first-order chi connectivity index (χ1) is 9.82. The van der Waals surface area contributed by atoms with Gasteiger partial charge < -0.3 is 10.5 Å². The Hall–Kier alpha value is -1.55. The molecule has 0 heterocycles. The molecule has 3 N–H and O–H groups in total. The number of carbonyl (C=O) groups is 1. The van der Waals surface area contributed by atoms with E-state index in [-0.39, 0.29) is 12.5 Å². The number of primary amides is 1. The summed E-state index contributed by atoms with van der Waals surface area (Å²) >= 11 is 0. The fraction of sp³-hybridized carbons (Fsp3) is 0.588. The number of nitrogens with one attached hydrogen (secondary N) is 1. The molecule has 0 aliphatic heterocycles. The van der Waals surface area contributed by atoms with E-state index in [0.717, 1.165) is 29.7 Å². The number of ether oxygens (including phenoxy) is 1. The lowest BCUT2D eigenvalue weighted by Gasteiger charge is -2.28. The quantitative estimate of drug-likeness (QED) is 0.811. The van der Waals surface area contributed by atoms with Gasteiger partial charge in [-0.2, -0.15) is 0 Å². The highest BCUT2D eigenvalue weighted by molar-refractivity contribution is 5.84. The number of hydrogen-bond acceptors (Lipinski definition) is 3. The van der Waals surface area contributed by atoms with Gasteiger partial charge in [-0.3, -0.25) is 10.1 Å². The van der Waals surface area contributed by atoms with Gasteiger partial charge in [0.1, 0.15) is 17.9 Å². The summed E-state index contributed by atoms with van der Waals surface area (Å²) in [6.07, 6.45) is 2.20. The summed E-state index contributed by atoms with van der Waals surface area (Å²) in [6.45, 7) is 8.37. The van der Waals surface area contributed by atoms with E-state index in [2.05, 4.69) is 31.3 Å². The van der Waals surface area contributed by atoms with Crippen LogP contribution >= 0.6 is 0 Å². The van der Waals surface area contributed by atoms with Gasteiger partial charge in [-0.15, -0.1) is 0 Å². The molecule has 1 saturated carbocycles. The molecule has 4 nitrogen and oxygen atoms in total. The van der Waals surface area contributed by atoms with Gasteiger partial charge in [-0.1, -0.05) is 26.0 Å². The summed E-state index contributed by atoms with van der Waals surface area (Å²) in [6, 6.07) is 6.59. The van der Waals surface area contributed by atoms with E-state index < -0.39 is 5.54 Å². The Bertz CT molecular complexity index is 524. The molecule has 1 atom stereocenters. The molecule has 1 aromatic rings. The number of nitrogens with two attached hydrogens (primary N) is 1. The Kier molecular flexibility index (Phi) is 4.57. The van der Waals surface area contributed by atoms with Crippen LogP contribution in [0.2, 0.25) is 0 Å². The third kappa shape index (κ3) is 3.97. The van der Waals surface area contributed by atoms with Crippen LogP contribution in [0.4, 0.5) is 0 Å². The van der Waals surface area contributed by atoms with E-state index in [1.807, 2.05) is 19.9 Å². The first kappa shape index (κ1) is 15.8. The van der Waals surface area contributed by atoms with Crippen LogP contribution in [0.3, 0.4) is 0 Å². The Morgan fingerprint density at radius 2 is 2.14 bits per heavy atom. The molecule has 0 bridgehead atoms. The van der Waals surface area contributed by atoms with Crippen molar-refractivity contribution < 1.29 is 9.53 Å².